The molecule has 6 heteroatoms. The molecule has 2 rings (SSSR count). The van der Waals surface area contributed by atoms with Crippen LogP contribution in [0.2, 0.25) is 5.02 Å². The Morgan fingerprint density at radius 1 is 1.27 bits per heavy atom. The average molecular weight is 323 g/mol. The van der Waals surface area contributed by atoms with Gasteiger partial charge >= 0.3 is 0 Å². The standard InChI is InChI=1S/C16H19ClN2O3/c1-11(2)8-19-16(21)15(17)14(7-18-19)22-10-13-5-3-12(9-20)4-6-13/h3-7,11,20H,8-10H2,1-2H3. The summed E-state index contributed by atoms with van der Waals surface area (Å²) in [7, 11) is 0. The Hall–Kier alpha value is -1.85. The largest absolute Gasteiger partial charge is 0.485 e. The minimum atomic E-state index is -0.344. The van der Waals surface area contributed by atoms with Crippen molar-refractivity contribution in [1.29, 1.82) is 0 Å². The van der Waals surface area contributed by atoms with Crippen LogP contribution >= 0.6 is 11.6 Å². The number of hydrogen-bond acceptors (Lipinski definition) is 4. The fourth-order valence-corrected chi connectivity index (χ4v) is 2.13. The SMILES string of the molecule is CC(C)Cn1ncc(OCc2ccc(CO)cc2)c(Cl)c1=O. The third-order valence-electron chi connectivity index (χ3n) is 3.09. The van der Waals surface area contributed by atoms with Gasteiger partial charge in [-0.3, -0.25) is 4.79 Å². The zero-order valence-electron chi connectivity index (χ0n) is 12.6. The van der Waals surface area contributed by atoms with E-state index in [4.69, 9.17) is 21.4 Å². The van der Waals surface area contributed by atoms with Crippen molar-refractivity contribution in [3.63, 3.8) is 0 Å². The van der Waals surface area contributed by atoms with Crippen LogP contribution in [0.5, 0.6) is 5.75 Å². The van der Waals surface area contributed by atoms with Crippen molar-refractivity contribution in [2.24, 2.45) is 5.92 Å². The van der Waals surface area contributed by atoms with Crippen molar-refractivity contribution < 1.29 is 9.84 Å². The maximum absolute atomic E-state index is 12.1. The van der Waals surface area contributed by atoms with E-state index in [0.29, 0.717) is 12.5 Å². The van der Waals surface area contributed by atoms with E-state index < -0.39 is 0 Å². The van der Waals surface area contributed by atoms with Crippen LogP contribution < -0.4 is 10.3 Å². The van der Waals surface area contributed by atoms with Gasteiger partial charge in [0.05, 0.1) is 12.8 Å². The minimum Gasteiger partial charge on any atom is -0.485 e. The summed E-state index contributed by atoms with van der Waals surface area (Å²) in [5, 5.41) is 13.1. The van der Waals surface area contributed by atoms with E-state index in [1.165, 1.54) is 10.9 Å². The first-order valence-corrected chi connectivity index (χ1v) is 7.46. The van der Waals surface area contributed by atoms with E-state index in [-0.39, 0.29) is 29.5 Å². The maximum Gasteiger partial charge on any atom is 0.289 e. The van der Waals surface area contributed by atoms with Gasteiger partial charge in [-0.15, -0.1) is 0 Å². The predicted molar refractivity (Wildman–Crippen MR) is 85.0 cm³/mol. The Morgan fingerprint density at radius 3 is 2.50 bits per heavy atom. The second-order valence-electron chi connectivity index (χ2n) is 5.47. The number of benzene rings is 1. The highest BCUT2D eigenvalue weighted by Gasteiger charge is 2.11. The van der Waals surface area contributed by atoms with Crippen molar-refractivity contribution in [2.75, 3.05) is 0 Å². The molecule has 0 radical (unpaired) electrons. The molecule has 0 bridgehead atoms. The van der Waals surface area contributed by atoms with Gasteiger partial charge in [-0.1, -0.05) is 49.7 Å². The van der Waals surface area contributed by atoms with Gasteiger partial charge in [0.1, 0.15) is 6.61 Å². The van der Waals surface area contributed by atoms with Gasteiger partial charge in [0.2, 0.25) is 0 Å². The van der Waals surface area contributed by atoms with Crippen molar-refractivity contribution in [3.8, 4) is 5.75 Å². The molecule has 0 unspecified atom stereocenters. The Labute approximate surface area is 134 Å². The van der Waals surface area contributed by atoms with Gasteiger partial charge in [0.15, 0.2) is 10.8 Å². The van der Waals surface area contributed by atoms with Gasteiger partial charge in [-0.05, 0) is 17.0 Å². The molecule has 0 fully saturated rings. The quantitative estimate of drug-likeness (QED) is 0.888. The maximum atomic E-state index is 12.1. The number of rotatable bonds is 6. The van der Waals surface area contributed by atoms with Gasteiger partial charge in [-0.2, -0.15) is 5.10 Å². The molecule has 1 aromatic heterocycles. The minimum absolute atomic E-state index is 0.00492. The van der Waals surface area contributed by atoms with E-state index in [2.05, 4.69) is 5.10 Å². The molecule has 1 heterocycles. The first kappa shape index (κ1) is 16.5. The Kier molecular flexibility index (Phi) is 5.57. The summed E-state index contributed by atoms with van der Waals surface area (Å²) < 4.78 is 6.91. The summed E-state index contributed by atoms with van der Waals surface area (Å²) in [4.78, 5) is 12.1. The molecule has 0 atom stereocenters. The topological polar surface area (TPSA) is 64.3 Å². The molecule has 1 aromatic carbocycles. The average Bonchev–Trinajstić information content (AvgIpc) is 2.51. The Bertz CT molecular complexity index is 681. The zero-order valence-corrected chi connectivity index (χ0v) is 13.4. The van der Waals surface area contributed by atoms with E-state index >= 15 is 0 Å². The lowest BCUT2D eigenvalue weighted by atomic mass is 10.1. The third-order valence-corrected chi connectivity index (χ3v) is 3.44. The summed E-state index contributed by atoms with van der Waals surface area (Å²) in [5.74, 6) is 0.580. The van der Waals surface area contributed by atoms with E-state index in [0.717, 1.165) is 11.1 Å². The van der Waals surface area contributed by atoms with Crippen molar-refractivity contribution in [3.05, 3.63) is 57.0 Å². The van der Waals surface area contributed by atoms with Crippen LogP contribution in [-0.4, -0.2) is 14.9 Å². The number of aromatic nitrogens is 2. The van der Waals surface area contributed by atoms with Crippen LogP contribution in [0.15, 0.2) is 35.3 Å². The van der Waals surface area contributed by atoms with Gasteiger partial charge in [-0.25, -0.2) is 4.68 Å². The first-order chi connectivity index (χ1) is 10.5. The molecule has 0 aliphatic rings. The molecule has 1 N–H and O–H groups in total. The lowest BCUT2D eigenvalue weighted by Crippen LogP contribution is -2.25. The summed E-state index contributed by atoms with van der Waals surface area (Å²) >= 11 is 6.06. The zero-order chi connectivity index (χ0) is 16.1. The van der Waals surface area contributed by atoms with E-state index in [9.17, 15) is 4.79 Å². The fourth-order valence-electron chi connectivity index (χ4n) is 1.93. The molecule has 22 heavy (non-hydrogen) atoms. The highest BCUT2D eigenvalue weighted by atomic mass is 35.5. The van der Waals surface area contributed by atoms with Crippen molar-refractivity contribution in [2.45, 2.75) is 33.6 Å². The summed E-state index contributed by atoms with van der Waals surface area (Å²) in [6.07, 6.45) is 1.47. The third kappa shape index (κ3) is 4.08. The summed E-state index contributed by atoms with van der Waals surface area (Å²) in [5.41, 5.74) is 1.41. The molecular formula is C16H19ClN2O3. The lowest BCUT2D eigenvalue weighted by molar-refractivity contribution is 0.281. The van der Waals surface area contributed by atoms with Crippen molar-refractivity contribution >= 4 is 11.6 Å². The lowest BCUT2D eigenvalue weighted by Gasteiger charge is -2.11. The van der Waals surface area contributed by atoms with Gasteiger partial charge in [0, 0.05) is 6.54 Å². The highest BCUT2D eigenvalue weighted by Crippen LogP contribution is 2.20. The Morgan fingerprint density at radius 2 is 1.91 bits per heavy atom. The first-order valence-electron chi connectivity index (χ1n) is 7.08. The highest BCUT2D eigenvalue weighted by molar-refractivity contribution is 6.31. The monoisotopic (exact) mass is 322 g/mol. The van der Waals surface area contributed by atoms with E-state index in [1.807, 2.05) is 38.1 Å². The number of hydrogen-bond donors (Lipinski definition) is 1. The smallest absolute Gasteiger partial charge is 0.289 e. The second-order valence-corrected chi connectivity index (χ2v) is 5.85. The van der Waals surface area contributed by atoms with Crippen LogP contribution in [-0.2, 0) is 19.8 Å². The molecule has 0 aliphatic heterocycles. The van der Waals surface area contributed by atoms with Gasteiger partial charge in [0.25, 0.3) is 5.56 Å². The molecule has 0 amide bonds. The van der Waals surface area contributed by atoms with Crippen molar-refractivity contribution in [1.82, 2.24) is 9.78 Å². The molecule has 0 saturated carbocycles. The second kappa shape index (κ2) is 7.42. The van der Waals surface area contributed by atoms with E-state index in [1.54, 1.807) is 0 Å². The predicted octanol–water partition coefficient (Wildman–Crippen LogP) is 2.62. The summed E-state index contributed by atoms with van der Waals surface area (Å²) in [6.45, 7) is 4.80. The molecular weight excluding hydrogens is 304 g/mol. The molecule has 5 nitrogen and oxygen atoms in total. The Balaban J connectivity index is 2.09. The normalized spacial score (nSPS) is 11.0. The van der Waals surface area contributed by atoms with Crippen LogP contribution in [0.1, 0.15) is 25.0 Å². The summed E-state index contributed by atoms with van der Waals surface area (Å²) in [6, 6.07) is 7.35. The number of halogens is 1. The van der Waals surface area contributed by atoms with Crippen LogP contribution in [0.4, 0.5) is 0 Å². The number of nitrogens with zero attached hydrogens (tertiary/aromatic N) is 2. The van der Waals surface area contributed by atoms with Crippen LogP contribution in [0, 0.1) is 5.92 Å². The van der Waals surface area contributed by atoms with Gasteiger partial charge < -0.3 is 9.84 Å². The number of aliphatic hydroxyl groups is 1. The van der Waals surface area contributed by atoms with Crippen LogP contribution in [0.25, 0.3) is 0 Å². The molecule has 0 spiro atoms. The number of aliphatic hydroxyl groups excluding tert-OH is 1. The number of ether oxygens (including phenoxy) is 1. The molecule has 118 valence electrons. The molecule has 0 aliphatic carbocycles. The molecule has 2 aromatic rings. The van der Waals surface area contributed by atoms with Crippen LogP contribution in [0.3, 0.4) is 0 Å². The fraction of sp³-hybridized carbons (Fsp3) is 0.375. The molecule has 0 saturated heterocycles.